The maximum atomic E-state index is 12.3. The molecule has 0 aliphatic carbocycles. The van der Waals surface area contributed by atoms with Crippen LogP contribution in [0.25, 0.3) is 0 Å². The average molecular weight is 335 g/mol. The summed E-state index contributed by atoms with van der Waals surface area (Å²) in [4.78, 5) is 38.4. The van der Waals surface area contributed by atoms with Crippen LogP contribution in [0.4, 0.5) is 4.79 Å². The Bertz CT molecular complexity index is 632. The number of carbonyl (C=O) groups excluding carboxylic acids is 3. The van der Waals surface area contributed by atoms with Crippen LogP contribution in [0.5, 0.6) is 5.75 Å². The zero-order chi connectivity index (χ0) is 17.0. The van der Waals surface area contributed by atoms with Gasteiger partial charge in [0.05, 0.1) is 6.04 Å². The number of piperazine rings is 1. The lowest BCUT2D eigenvalue weighted by atomic mass is 10.1. The highest BCUT2D eigenvalue weighted by Gasteiger charge is 2.35. The number of likely N-dealkylation sites (N-methyl/N-ethyl adjacent to an activating group) is 1. The number of nitrogens with one attached hydrogen (secondary N) is 1. The molecule has 4 amide bonds. The molecule has 0 saturated carbocycles. The van der Waals surface area contributed by atoms with E-state index in [0.29, 0.717) is 18.7 Å². The van der Waals surface area contributed by atoms with Crippen LogP contribution in [-0.4, -0.2) is 57.8 Å². The summed E-state index contributed by atoms with van der Waals surface area (Å²) in [5.41, 5.74) is 0.664. The Hall–Kier alpha value is -2.48. The largest absolute Gasteiger partial charge is 0.508 e. The molecule has 1 aliphatic rings. The van der Waals surface area contributed by atoms with Crippen LogP contribution in [0, 0.1) is 0 Å². The van der Waals surface area contributed by atoms with Crippen LogP contribution in [0.2, 0.25) is 0 Å². The summed E-state index contributed by atoms with van der Waals surface area (Å²) in [5, 5.41) is 13.2. The number of hydrogen-bond acceptors (Lipinski definition) is 5. The van der Waals surface area contributed by atoms with E-state index in [4.69, 9.17) is 12.2 Å². The highest BCUT2D eigenvalue weighted by Crippen LogP contribution is 2.16. The lowest BCUT2D eigenvalue weighted by Gasteiger charge is -2.32. The Balaban J connectivity index is 2.08. The van der Waals surface area contributed by atoms with Gasteiger partial charge >= 0.3 is 17.8 Å². The van der Waals surface area contributed by atoms with E-state index in [1.54, 1.807) is 19.1 Å². The lowest BCUT2D eigenvalue weighted by Crippen LogP contribution is -2.58. The number of amides is 4. The molecule has 1 aliphatic heterocycles. The van der Waals surface area contributed by atoms with Crippen molar-refractivity contribution in [2.75, 3.05) is 19.6 Å². The maximum absolute atomic E-state index is 12.3. The van der Waals surface area contributed by atoms with Crippen molar-refractivity contribution in [3.63, 3.8) is 0 Å². The smallest absolute Gasteiger partial charge is 0.325 e. The van der Waals surface area contributed by atoms with E-state index in [2.05, 4.69) is 5.32 Å². The summed E-state index contributed by atoms with van der Waals surface area (Å²) in [7, 11) is 0. The number of carbonyl (C=O) groups is 3. The topological polar surface area (TPSA) is 89.9 Å². The standard InChI is InChI=1S/C15H17N3O4S/c1-2-17-7-8-18(14(21)13(17)20)15(22)16-12(9-23)10-3-5-11(19)6-4-10/h3-6,9,12,19H,2,7-8H2,1H3,(H,16,22). The summed E-state index contributed by atoms with van der Waals surface area (Å²) in [6, 6.07) is 4.91. The number of nitrogens with zero attached hydrogens (tertiary/aromatic N) is 2. The second-order valence-electron chi connectivity index (χ2n) is 5.00. The van der Waals surface area contributed by atoms with Crippen LogP contribution in [0.3, 0.4) is 0 Å². The van der Waals surface area contributed by atoms with E-state index >= 15 is 0 Å². The molecule has 2 N–H and O–H groups in total. The van der Waals surface area contributed by atoms with Gasteiger partial charge in [-0.1, -0.05) is 24.4 Å². The fourth-order valence-corrected chi connectivity index (χ4v) is 2.48. The molecule has 1 atom stereocenters. The van der Waals surface area contributed by atoms with E-state index in [1.165, 1.54) is 22.4 Å². The van der Waals surface area contributed by atoms with Gasteiger partial charge in [-0.3, -0.25) is 14.5 Å². The molecule has 1 heterocycles. The zero-order valence-electron chi connectivity index (χ0n) is 12.6. The molecule has 8 heteroatoms. The number of thiocarbonyl (C=S) groups is 1. The molecule has 0 bridgehead atoms. The SMILES string of the molecule is CCN1CCN(C(=O)NC(C=S)c2ccc(O)cc2)C(=O)C1=O. The number of rotatable bonds is 4. The van der Waals surface area contributed by atoms with Crippen molar-refractivity contribution in [3.8, 4) is 5.75 Å². The van der Waals surface area contributed by atoms with E-state index in [-0.39, 0.29) is 12.3 Å². The first-order valence-corrected chi connectivity index (χ1v) is 7.60. The molecule has 1 aromatic rings. The molecule has 0 spiro atoms. The van der Waals surface area contributed by atoms with Gasteiger partial charge in [0, 0.05) is 25.0 Å². The van der Waals surface area contributed by atoms with Gasteiger partial charge in [-0.15, -0.1) is 0 Å². The third kappa shape index (κ3) is 3.65. The number of aromatic hydroxyl groups is 1. The van der Waals surface area contributed by atoms with Crippen molar-refractivity contribution in [2.24, 2.45) is 0 Å². The first-order chi connectivity index (χ1) is 11.0. The Labute approximate surface area is 138 Å². The van der Waals surface area contributed by atoms with Crippen molar-refractivity contribution >= 4 is 35.4 Å². The first kappa shape index (κ1) is 16.9. The number of hydrogen-bond donors (Lipinski definition) is 2. The number of imide groups is 1. The van der Waals surface area contributed by atoms with E-state index in [9.17, 15) is 19.5 Å². The van der Waals surface area contributed by atoms with Crippen molar-refractivity contribution in [2.45, 2.75) is 13.0 Å². The second kappa shape index (κ2) is 7.19. The highest BCUT2D eigenvalue weighted by atomic mass is 32.1. The number of benzene rings is 1. The molecular formula is C15H17N3O4S. The Morgan fingerprint density at radius 2 is 1.96 bits per heavy atom. The zero-order valence-corrected chi connectivity index (χ0v) is 13.4. The fraction of sp³-hybridized carbons (Fsp3) is 0.333. The van der Waals surface area contributed by atoms with Crippen LogP contribution in [0.1, 0.15) is 18.5 Å². The third-order valence-electron chi connectivity index (χ3n) is 3.60. The van der Waals surface area contributed by atoms with Gasteiger partial charge in [-0.25, -0.2) is 4.79 Å². The Kier molecular flexibility index (Phi) is 5.28. The van der Waals surface area contributed by atoms with Gasteiger partial charge in [0.25, 0.3) is 0 Å². The van der Waals surface area contributed by atoms with Gasteiger partial charge in [0.2, 0.25) is 0 Å². The van der Waals surface area contributed by atoms with Crippen LogP contribution >= 0.6 is 12.2 Å². The third-order valence-corrected chi connectivity index (χ3v) is 3.88. The molecular weight excluding hydrogens is 318 g/mol. The van der Waals surface area contributed by atoms with Crippen molar-refractivity contribution < 1.29 is 19.5 Å². The molecule has 1 fully saturated rings. The highest BCUT2D eigenvalue weighted by molar-refractivity contribution is 7.79. The summed E-state index contributed by atoms with van der Waals surface area (Å²) < 4.78 is 0. The van der Waals surface area contributed by atoms with E-state index in [1.807, 2.05) is 0 Å². The Morgan fingerprint density at radius 3 is 2.52 bits per heavy atom. The van der Waals surface area contributed by atoms with Crippen molar-refractivity contribution in [1.82, 2.24) is 15.1 Å². The van der Waals surface area contributed by atoms with Gasteiger partial charge in [0.15, 0.2) is 0 Å². The van der Waals surface area contributed by atoms with Crippen molar-refractivity contribution in [1.29, 1.82) is 0 Å². The average Bonchev–Trinajstić information content (AvgIpc) is 2.55. The predicted molar refractivity (Wildman–Crippen MR) is 87.0 cm³/mol. The minimum atomic E-state index is -0.843. The summed E-state index contributed by atoms with van der Waals surface area (Å²) >= 11 is 4.92. The number of phenolic OH excluding ortho intramolecular Hbond substituents is 1. The quantitative estimate of drug-likeness (QED) is 0.628. The molecule has 7 nitrogen and oxygen atoms in total. The molecule has 2 rings (SSSR count). The molecule has 1 aromatic carbocycles. The minimum Gasteiger partial charge on any atom is -0.508 e. The van der Waals surface area contributed by atoms with Gasteiger partial charge in [-0.2, -0.15) is 0 Å². The van der Waals surface area contributed by atoms with Gasteiger partial charge < -0.3 is 15.3 Å². The maximum Gasteiger partial charge on any atom is 0.325 e. The molecule has 122 valence electrons. The molecule has 0 aromatic heterocycles. The van der Waals surface area contributed by atoms with E-state index < -0.39 is 23.9 Å². The number of urea groups is 1. The summed E-state index contributed by atoms with van der Waals surface area (Å²) in [6.45, 7) is 2.66. The summed E-state index contributed by atoms with van der Waals surface area (Å²) in [5.74, 6) is -1.43. The molecule has 1 unspecified atom stereocenters. The van der Waals surface area contributed by atoms with Crippen molar-refractivity contribution in [3.05, 3.63) is 29.8 Å². The van der Waals surface area contributed by atoms with Crippen LogP contribution in [-0.2, 0) is 9.59 Å². The number of phenols is 1. The summed E-state index contributed by atoms with van der Waals surface area (Å²) in [6.07, 6.45) is 0. The lowest BCUT2D eigenvalue weighted by molar-refractivity contribution is -0.153. The van der Waals surface area contributed by atoms with Crippen LogP contribution in [0.15, 0.2) is 24.3 Å². The first-order valence-electron chi connectivity index (χ1n) is 7.13. The Morgan fingerprint density at radius 1 is 1.30 bits per heavy atom. The predicted octanol–water partition coefficient (Wildman–Crippen LogP) is 0.833. The monoisotopic (exact) mass is 335 g/mol. The fourth-order valence-electron chi connectivity index (χ4n) is 2.26. The van der Waals surface area contributed by atoms with Gasteiger partial charge in [0.1, 0.15) is 5.75 Å². The molecule has 0 radical (unpaired) electrons. The van der Waals surface area contributed by atoms with Gasteiger partial charge in [-0.05, 0) is 24.6 Å². The second-order valence-corrected chi connectivity index (χ2v) is 5.27. The normalized spacial score (nSPS) is 16.2. The molecule has 23 heavy (non-hydrogen) atoms. The molecule has 1 saturated heterocycles. The van der Waals surface area contributed by atoms with Crippen LogP contribution < -0.4 is 5.32 Å². The van der Waals surface area contributed by atoms with E-state index in [0.717, 1.165) is 4.90 Å². The minimum absolute atomic E-state index is 0.0969.